The molecule has 2 heterocycles. The molecule has 130 valence electrons. The molecule has 1 saturated carbocycles. The number of rotatable bonds is 4. The van der Waals surface area contributed by atoms with Gasteiger partial charge in [-0.25, -0.2) is 0 Å². The predicted molar refractivity (Wildman–Crippen MR) is 93.6 cm³/mol. The lowest BCUT2D eigenvalue weighted by molar-refractivity contribution is -0.125. The molecule has 0 radical (unpaired) electrons. The summed E-state index contributed by atoms with van der Waals surface area (Å²) in [5, 5.41) is 11.2. The quantitative estimate of drug-likeness (QED) is 0.846. The van der Waals surface area contributed by atoms with Crippen LogP contribution in [-0.4, -0.2) is 33.3 Å². The SMILES string of the molecule is CC1(C)C(=O)Nc2ccccc2N1C(=O)CSc1nnc(C2CC2)o1. The van der Waals surface area contributed by atoms with E-state index in [-0.39, 0.29) is 17.6 Å². The van der Waals surface area contributed by atoms with Crippen molar-refractivity contribution in [3.05, 3.63) is 30.2 Å². The number of fused-ring (bicyclic) bond motifs is 1. The molecule has 0 bridgehead atoms. The van der Waals surface area contributed by atoms with E-state index in [2.05, 4.69) is 15.5 Å². The zero-order valence-corrected chi connectivity index (χ0v) is 14.8. The Morgan fingerprint density at radius 1 is 1.36 bits per heavy atom. The highest BCUT2D eigenvalue weighted by molar-refractivity contribution is 7.99. The van der Waals surface area contributed by atoms with Crippen LogP contribution in [0.2, 0.25) is 0 Å². The van der Waals surface area contributed by atoms with Crippen molar-refractivity contribution in [3.63, 3.8) is 0 Å². The Labute approximate surface area is 149 Å². The predicted octanol–water partition coefficient (Wildman–Crippen LogP) is 2.80. The molecule has 0 saturated heterocycles. The van der Waals surface area contributed by atoms with Crippen LogP contribution in [0.1, 0.15) is 38.5 Å². The van der Waals surface area contributed by atoms with Crippen LogP contribution >= 0.6 is 11.8 Å². The molecule has 0 unspecified atom stereocenters. The van der Waals surface area contributed by atoms with Crippen LogP contribution in [0.3, 0.4) is 0 Å². The van der Waals surface area contributed by atoms with E-state index < -0.39 is 5.54 Å². The molecule has 1 fully saturated rings. The van der Waals surface area contributed by atoms with E-state index in [1.54, 1.807) is 24.8 Å². The highest BCUT2D eigenvalue weighted by Crippen LogP contribution is 2.40. The third-order valence-corrected chi connectivity index (χ3v) is 5.23. The van der Waals surface area contributed by atoms with Crippen LogP contribution in [0.5, 0.6) is 0 Å². The van der Waals surface area contributed by atoms with Crippen molar-refractivity contribution in [1.82, 2.24) is 10.2 Å². The summed E-state index contributed by atoms with van der Waals surface area (Å²) in [4.78, 5) is 26.8. The first-order valence-electron chi connectivity index (χ1n) is 8.16. The van der Waals surface area contributed by atoms with E-state index in [4.69, 9.17) is 4.42 Å². The average Bonchev–Trinajstić information content (AvgIpc) is 3.32. The average molecular weight is 358 g/mol. The van der Waals surface area contributed by atoms with Crippen molar-refractivity contribution in [2.24, 2.45) is 0 Å². The minimum absolute atomic E-state index is 0.122. The number of anilines is 2. The van der Waals surface area contributed by atoms with Crippen LogP contribution in [0.15, 0.2) is 33.9 Å². The molecule has 4 rings (SSSR count). The van der Waals surface area contributed by atoms with E-state index in [0.717, 1.165) is 12.8 Å². The van der Waals surface area contributed by atoms with Crippen LogP contribution in [-0.2, 0) is 9.59 Å². The summed E-state index contributed by atoms with van der Waals surface area (Å²) in [7, 11) is 0. The van der Waals surface area contributed by atoms with Crippen molar-refractivity contribution in [2.75, 3.05) is 16.0 Å². The van der Waals surface area contributed by atoms with Crippen LogP contribution < -0.4 is 10.2 Å². The molecule has 8 heteroatoms. The second-order valence-electron chi connectivity index (χ2n) is 6.73. The van der Waals surface area contributed by atoms with Crippen molar-refractivity contribution in [3.8, 4) is 0 Å². The number of nitrogens with zero attached hydrogens (tertiary/aromatic N) is 3. The molecule has 0 atom stereocenters. The zero-order chi connectivity index (χ0) is 17.6. The third kappa shape index (κ3) is 2.90. The number of hydrogen-bond acceptors (Lipinski definition) is 6. The van der Waals surface area contributed by atoms with E-state index in [9.17, 15) is 9.59 Å². The Kier molecular flexibility index (Phi) is 3.79. The zero-order valence-electron chi connectivity index (χ0n) is 14.0. The fraction of sp³-hybridized carbons (Fsp3) is 0.412. The second kappa shape index (κ2) is 5.87. The molecule has 2 aliphatic rings. The van der Waals surface area contributed by atoms with E-state index in [1.807, 2.05) is 18.2 Å². The Balaban J connectivity index is 1.53. The van der Waals surface area contributed by atoms with E-state index in [1.165, 1.54) is 11.8 Å². The Bertz CT molecular complexity index is 844. The first-order valence-corrected chi connectivity index (χ1v) is 9.15. The van der Waals surface area contributed by atoms with Gasteiger partial charge in [0.2, 0.25) is 17.7 Å². The fourth-order valence-electron chi connectivity index (χ4n) is 2.86. The van der Waals surface area contributed by atoms with Crippen LogP contribution in [0.25, 0.3) is 0 Å². The maximum atomic E-state index is 12.9. The molecule has 1 aromatic heterocycles. The van der Waals surface area contributed by atoms with E-state index >= 15 is 0 Å². The molecule has 25 heavy (non-hydrogen) atoms. The van der Waals surface area contributed by atoms with Gasteiger partial charge in [-0.2, -0.15) is 0 Å². The fourth-order valence-corrected chi connectivity index (χ4v) is 3.48. The van der Waals surface area contributed by atoms with Gasteiger partial charge in [-0.05, 0) is 38.8 Å². The van der Waals surface area contributed by atoms with Gasteiger partial charge in [0.15, 0.2) is 0 Å². The summed E-state index contributed by atoms with van der Waals surface area (Å²) < 4.78 is 5.58. The molecule has 1 aliphatic heterocycles. The standard InChI is InChI=1S/C17H18N4O3S/c1-17(2)15(23)18-11-5-3-4-6-12(11)21(17)13(22)9-25-16-20-19-14(24-16)10-7-8-10/h3-6,10H,7-9H2,1-2H3,(H,18,23). The molecule has 0 spiro atoms. The topological polar surface area (TPSA) is 88.3 Å². The van der Waals surface area contributed by atoms with Gasteiger partial charge in [0.25, 0.3) is 5.22 Å². The molecule has 1 N–H and O–H groups in total. The summed E-state index contributed by atoms with van der Waals surface area (Å²) in [6, 6.07) is 7.29. The molecular formula is C17H18N4O3S. The first-order chi connectivity index (χ1) is 12.0. The van der Waals surface area contributed by atoms with Crippen molar-refractivity contribution < 1.29 is 14.0 Å². The summed E-state index contributed by atoms with van der Waals surface area (Å²) in [5.41, 5.74) is 0.362. The lowest BCUT2D eigenvalue weighted by Gasteiger charge is -2.42. The van der Waals surface area contributed by atoms with Crippen LogP contribution in [0, 0.1) is 0 Å². The lowest BCUT2D eigenvalue weighted by atomic mass is 9.96. The van der Waals surface area contributed by atoms with Gasteiger partial charge in [0, 0.05) is 5.92 Å². The molecule has 1 aromatic carbocycles. The smallest absolute Gasteiger partial charge is 0.277 e. The number of carbonyl (C=O) groups is 2. The molecule has 7 nitrogen and oxygen atoms in total. The lowest BCUT2D eigenvalue weighted by Crippen LogP contribution is -2.58. The first kappa shape index (κ1) is 16.1. The summed E-state index contributed by atoms with van der Waals surface area (Å²) >= 11 is 1.20. The minimum Gasteiger partial charge on any atom is -0.416 e. The normalized spacial score (nSPS) is 18.6. The van der Waals surface area contributed by atoms with Gasteiger partial charge in [-0.15, -0.1) is 10.2 Å². The number of hydrogen-bond donors (Lipinski definition) is 1. The highest BCUT2D eigenvalue weighted by atomic mass is 32.2. The van der Waals surface area contributed by atoms with Crippen LogP contribution in [0.4, 0.5) is 11.4 Å². The summed E-state index contributed by atoms with van der Waals surface area (Å²) in [5.74, 6) is 0.770. The number of aromatic nitrogens is 2. The number of nitrogens with one attached hydrogen (secondary N) is 1. The molecule has 2 aromatic rings. The third-order valence-electron chi connectivity index (χ3n) is 4.43. The van der Waals surface area contributed by atoms with Crippen molar-refractivity contribution >= 4 is 35.0 Å². The Morgan fingerprint density at radius 2 is 2.12 bits per heavy atom. The highest BCUT2D eigenvalue weighted by Gasteiger charge is 2.43. The maximum Gasteiger partial charge on any atom is 0.277 e. The van der Waals surface area contributed by atoms with Gasteiger partial charge < -0.3 is 9.73 Å². The van der Waals surface area contributed by atoms with Gasteiger partial charge in [0.05, 0.1) is 17.1 Å². The maximum absolute atomic E-state index is 12.9. The Hall–Kier alpha value is -2.35. The summed E-state index contributed by atoms with van der Waals surface area (Å²) in [6.45, 7) is 3.47. The van der Waals surface area contributed by atoms with Gasteiger partial charge in [0.1, 0.15) is 5.54 Å². The largest absolute Gasteiger partial charge is 0.416 e. The van der Waals surface area contributed by atoms with Crippen molar-refractivity contribution in [1.29, 1.82) is 0 Å². The minimum atomic E-state index is -0.972. The number of benzene rings is 1. The van der Waals surface area contributed by atoms with Gasteiger partial charge in [-0.3, -0.25) is 14.5 Å². The number of para-hydroxylation sites is 2. The van der Waals surface area contributed by atoms with Gasteiger partial charge in [-0.1, -0.05) is 23.9 Å². The van der Waals surface area contributed by atoms with Crippen molar-refractivity contribution in [2.45, 2.75) is 43.4 Å². The number of thioether (sulfide) groups is 1. The molecule has 1 aliphatic carbocycles. The summed E-state index contributed by atoms with van der Waals surface area (Å²) in [6.07, 6.45) is 2.16. The number of amides is 2. The van der Waals surface area contributed by atoms with E-state index in [0.29, 0.717) is 28.4 Å². The monoisotopic (exact) mass is 358 g/mol. The Morgan fingerprint density at radius 3 is 2.88 bits per heavy atom. The second-order valence-corrected chi connectivity index (χ2v) is 7.66. The molecule has 2 amide bonds. The number of carbonyl (C=O) groups excluding carboxylic acids is 2. The molecular weight excluding hydrogens is 340 g/mol. The van der Waals surface area contributed by atoms with Gasteiger partial charge >= 0.3 is 0 Å².